The van der Waals surface area contributed by atoms with Crippen molar-refractivity contribution >= 4 is 11.9 Å². The smallest absolute Gasteiger partial charge is 0.333 e. The van der Waals surface area contributed by atoms with Gasteiger partial charge in [0.15, 0.2) is 25.0 Å². The number of hydrogen-bond acceptors (Lipinski definition) is 21. The highest BCUT2D eigenvalue weighted by Crippen LogP contribution is 2.76. The van der Waals surface area contributed by atoms with Gasteiger partial charge in [0.2, 0.25) is 0 Å². The quantitative estimate of drug-likeness (QED) is 0.0534. The molecule has 21 heteroatoms. The number of hydrogen-bond donors (Lipinski definition) is 11. The monoisotopic (exact) mass is 1110 g/mol. The summed E-state index contributed by atoms with van der Waals surface area (Å²) < 4.78 is 49.8. The number of carbonyl (C=O) groups is 2. The number of allylic oxidation sites excluding steroid dienone is 4. The Kier molecular flexibility index (Phi) is 17.8. The van der Waals surface area contributed by atoms with Gasteiger partial charge in [0.05, 0.1) is 50.2 Å². The molecule has 78 heavy (non-hydrogen) atoms. The predicted octanol–water partition coefficient (Wildman–Crippen LogP) is 1.20. The van der Waals surface area contributed by atoms with E-state index in [0.717, 1.165) is 5.57 Å². The molecule has 4 saturated carbocycles. The van der Waals surface area contributed by atoms with Crippen LogP contribution in [0, 0.1) is 50.2 Å². The maximum Gasteiger partial charge on any atom is 0.333 e. The van der Waals surface area contributed by atoms with Gasteiger partial charge >= 0.3 is 11.9 Å². The molecule has 7 fully saturated rings. The van der Waals surface area contributed by atoms with Gasteiger partial charge < -0.3 is 94.1 Å². The molecular formula is C57H90O21. The molecule has 8 aliphatic rings. The normalized spacial score (nSPS) is 50.5. The molecule has 3 saturated heterocycles. The minimum atomic E-state index is -1.83. The summed E-state index contributed by atoms with van der Waals surface area (Å²) in [6, 6.07) is 0. The Balaban J connectivity index is 1.13. The molecular weight excluding hydrogens is 1020 g/mol. The fourth-order valence-electron chi connectivity index (χ4n) is 16.1. The van der Waals surface area contributed by atoms with Crippen molar-refractivity contribution in [2.45, 2.75) is 232 Å². The van der Waals surface area contributed by atoms with E-state index in [9.17, 15) is 65.8 Å². The summed E-state index contributed by atoms with van der Waals surface area (Å²) in [4.78, 5) is 27.4. The lowest BCUT2D eigenvalue weighted by Crippen LogP contribution is -2.72. The van der Waals surface area contributed by atoms with Crippen molar-refractivity contribution in [3.63, 3.8) is 0 Å². The van der Waals surface area contributed by atoms with Crippen LogP contribution in [0.4, 0.5) is 0 Å². The third kappa shape index (κ3) is 9.80. The molecule has 5 aliphatic carbocycles. The van der Waals surface area contributed by atoms with Gasteiger partial charge in [-0.2, -0.15) is 0 Å². The Bertz CT molecular complexity index is 2270. The lowest BCUT2D eigenvalue weighted by Gasteiger charge is -2.72. The van der Waals surface area contributed by atoms with Crippen molar-refractivity contribution in [3.8, 4) is 0 Å². The largest absolute Gasteiger partial charge is 0.454 e. The van der Waals surface area contributed by atoms with E-state index in [-0.39, 0.29) is 24.9 Å². The second-order valence-corrected chi connectivity index (χ2v) is 25.8. The molecule has 0 aromatic carbocycles. The molecule has 3 heterocycles. The SMILES string of the molecule is C/C=C(/C)C(=O)O[C@H]1[C@H](OC(=O)/C(C)=C\C)[C@]2(CO)[C@H](O)C[C@]3(C)C(=CC[C@@H]4[C@@]5(C)CC[C@H](O[C@@H]6O[C@H](CO)[C@@H](O)[C@H](O[C@@H]7O[C@@H](C)[C@H](O)[C@@H](O)[C@H]7O)[C@H]6O[C@@H]6OC[C@@H](O)[C@H](O)[C@H]6O)[C@](C)(CO)[C@@H]5CC[C@]43C)[C@@H]2CC1(C)C. The first-order chi connectivity index (χ1) is 36.5. The van der Waals surface area contributed by atoms with Gasteiger partial charge in [-0.3, -0.25) is 0 Å². The zero-order valence-electron chi connectivity index (χ0n) is 47.1. The van der Waals surface area contributed by atoms with Crippen LogP contribution in [0.2, 0.25) is 0 Å². The first kappa shape index (κ1) is 61.5. The van der Waals surface area contributed by atoms with E-state index in [1.54, 1.807) is 39.8 Å². The Hall–Kier alpha value is -2.52. The Labute approximate surface area is 457 Å². The molecule has 0 bridgehead atoms. The van der Waals surface area contributed by atoms with E-state index in [1.807, 2.05) is 20.8 Å². The Morgan fingerprint density at radius 1 is 0.679 bits per heavy atom. The average molecular weight is 1110 g/mol. The van der Waals surface area contributed by atoms with Crippen LogP contribution in [-0.2, 0) is 47.5 Å². The zero-order valence-corrected chi connectivity index (χ0v) is 47.1. The Morgan fingerprint density at radius 2 is 1.29 bits per heavy atom. The standard InChI is InChI=1S/C57H90O21/c1-12-26(3)47(69)77-45-46(78-48(70)27(4)13-2)57(25-60)30(20-52(45,6)7)29-14-15-34-53(8)18-17-36(54(9,24-59)33(53)16-19-55(34,10)56(29,11)21-35(57)62)74-51-44(76-49-41(67)38(64)31(61)23-71-49)43(39(65)32(22-58)73-51)75-50-42(68)40(66)37(63)28(5)72-50/h12-14,28,30-46,49-51,58-68H,15-25H2,1-11H3/b26-12-,27-13-/t28-,30-,31+,32+,33+,34+,35+,36-,37-,38-,39+,40+,41+,42+,43-,44+,45-,46-,49-,50-,51-,53-,54+,55+,56+,57-/m0/s1. The molecule has 0 spiro atoms. The van der Waals surface area contributed by atoms with Crippen molar-refractivity contribution in [2.24, 2.45) is 50.2 Å². The summed E-state index contributed by atoms with van der Waals surface area (Å²) in [7, 11) is 0. The van der Waals surface area contributed by atoms with Gasteiger partial charge in [0.1, 0.15) is 67.1 Å². The van der Waals surface area contributed by atoms with Crippen molar-refractivity contribution in [1.29, 1.82) is 0 Å². The molecule has 0 unspecified atom stereocenters. The summed E-state index contributed by atoms with van der Waals surface area (Å²) in [6.45, 7) is 18.7. The number of ether oxygens (including phenoxy) is 8. The first-order valence-electron chi connectivity index (χ1n) is 28.1. The molecule has 444 valence electrons. The van der Waals surface area contributed by atoms with Crippen LogP contribution in [0.5, 0.6) is 0 Å². The molecule has 0 amide bonds. The van der Waals surface area contributed by atoms with Crippen LogP contribution in [0.1, 0.15) is 121 Å². The van der Waals surface area contributed by atoms with Crippen LogP contribution in [0.15, 0.2) is 34.9 Å². The summed E-state index contributed by atoms with van der Waals surface area (Å²) in [5.74, 6) is -1.94. The summed E-state index contributed by atoms with van der Waals surface area (Å²) >= 11 is 0. The lowest BCUT2D eigenvalue weighted by molar-refractivity contribution is -0.394. The van der Waals surface area contributed by atoms with E-state index in [0.29, 0.717) is 49.7 Å². The average Bonchev–Trinajstić information content (AvgIpc) is 1.60. The summed E-state index contributed by atoms with van der Waals surface area (Å²) in [5, 5.41) is 123. The van der Waals surface area contributed by atoms with Crippen LogP contribution in [-0.4, -0.2) is 205 Å². The van der Waals surface area contributed by atoms with Gasteiger partial charge in [-0.15, -0.1) is 0 Å². The maximum absolute atomic E-state index is 13.8. The Morgan fingerprint density at radius 3 is 1.90 bits per heavy atom. The highest BCUT2D eigenvalue weighted by Gasteiger charge is 2.74. The number of carbonyl (C=O) groups excluding carboxylic acids is 2. The van der Waals surface area contributed by atoms with Crippen LogP contribution in [0.25, 0.3) is 0 Å². The molecule has 8 rings (SSSR count). The minimum absolute atomic E-state index is 0.0168. The van der Waals surface area contributed by atoms with Gasteiger partial charge in [-0.05, 0) is 114 Å². The molecule has 0 aromatic rings. The van der Waals surface area contributed by atoms with E-state index >= 15 is 0 Å². The maximum atomic E-state index is 13.8. The second kappa shape index (κ2) is 22.6. The first-order valence-corrected chi connectivity index (χ1v) is 28.1. The second-order valence-electron chi connectivity index (χ2n) is 25.8. The number of aliphatic hydroxyl groups excluding tert-OH is 11. The van der Waals surface area contributed by atoms with E-state index < -0.39 is 181 Å². The van der Waals surface area contributed by atoms with Crippen LogP contribution in [0.3, 0.4) is 0 Å². The van der Waals surface area contributed by atoms with Gasteiger partial charge in [0, 0.05) is 22.0 Å². The van der Waals surface area contributed by atoms with Crippen molar-refractivity contribution in [2.75, 3.05) is 26.4 Å². The fraction of sp³-hybridized carbons (Fsp3) is 0.860. The molecule has 0 radical (unpaired) electrons. The van der Waals surface area contributed by atoms with Crippen LogP contribution < -0.4 is 0 Å². The molecule has 3 aliphatic heterocycles. The third-order valence-corrected chi connectivity index (χ3v) is 21.3. The van der Waals surface area contributed by atoms with Crippen molar-refractivity contribution in [1.82, 2.24) is 0 Å². The molecule has 11 N–H and O–H groups in total. The number of rotatable bonds is 13. The number of aliphatic hydroxyl groups is 11. The van der Waals surface area contributed by atoms with Crippen molar-refractivity contribution < 1.29 is 104 Å². The lowest BCUT2D eigenvalue weighted by atomic mass is 9.33. The highest BCUT2D eigenvalue weighted by atomic mass is 16.8. The van der Waals surface area contributed by atoms with Gasteiger partial charge in [0.25, 0.3) is 0 Å². The number of fused-ring (bicyclic) bond motifs is 7. The summed E-state index contributed by atoms with van der Waals surface area (Å²) in [6.07, 6.45) is -17.7. The fourth-order valence-corrected chi connectivity index (χ4v) is 16.1. The highest BCUT2D eigenvalue weighted by molar-refractivity contribution is 5.88. The topological polar surface area (TPSA) is 331 Å². The van der Waals surface area contributed by atoms with Gasteiger partial charge in [-0.1, -0.05) is 65.3 Å². The third-order valence-electron chi connectivity index (χ3n) is 21.3. The van der Waals surface area contributed by atoms with Crippen LogP contribution >= 0.6 is 0 Å². The molecule has 0 aromatic heterocycles. The predicted molar refractivity (Wildman–Crippen MR) is 275 cm³/mol. The number of esters is 2. The molecule has 21 nitrogen and oxygen atoms in total. The van der Waals surface area contributed by atoms with E-state index in [1.165, 1.54) is 6.92 Å². The summed E-state index contributed by atoms with van der Waals surface area (Å²) in [5.41, 5.74) is -3.08. The van der Waals surface area contributed by atoms with Gasteiger partial charge in [-0.25, -0.2) is 9.59 Å². The minimum Gasteiger partial charge on any atom is -0.454 e. The zero-order chi connectivity index (χ0) is 57.6. The molecule has 26 atom stereocenters. The van der Waals surface area contributed by atoms with E-state index in [4.69, 9.17) is 37.9 Å². The van der Waals surface area contributed by atoms with E-state index in [2.05, 4.69) is 26.8 Å². The van der Waals surface area contributed by atoms with Crippen molar-refractivity contribution in [3.05, 3.63) is 34.9 Å².